The fourth-order valence-corrected chi connectivity index (χ4v) is 3.05. The smallest absolute Gasteiger partial charge is 0.335 e. The molecule has 0 aromatic heterocycles. The van der Waals surface area contributed by atoms with Crippen molar-refractivity contribution in [2.45, 2.75) is 13.8 Å². The number of rotatable bonds is 9. The van der Waals surface area contributed by atoms with Crippen LogP contribution in [0.5, 0.6) is 17.2 Å². The van der Waals surface area contributed by atoms with Crippen molar-refractivity contribution in [1.82, 2.24) is 0 Å². The molecule has 0 saturated heterocycles. The fraction of sp³-hybridized carbons (Fsp3) is 0.0800. The maximum Gasteiger partial charge on any atom is 0.335 e. The third-order valence-electron chi connectivity index (χ3n) is 4.39. The molecule has 180 valence electrons. The van der Waals surface area contributed by atoms with Crippen LogP contribution in [0.1, 0.15) is 31.8 Å². The summed E-state index contributed by atoms with van der Waals surface area (Å²) in [6.45, 7) is 4.26. The van der Waals surface area contributed by atoms with Crippen molar-refractivity contribution in [2.24, 2.45) is 0 Å². The molecule has 0 aliphatic carbocycles. The number of hydrogen-bond acceptors (Lipinski definition) is 8. The van der Waals surface area contributed by atoms with Crippen molar-refractivity contribution >= 4 is 31.4 Å². The van der Waals surface area contributed by atoms with Gasteiger partial charge in [-0.1, -0.05) is 6.07 Å². The van der Waals surface area contributed by atoms with Gasteiger partial charge >= 0.3 is 11.9 Å². The van der Waals surface area contributed by atoms with Crippen LogP contribution in [0, 0.1) is 13.8 Å². The molecule has 0 atom stereocenters. The number of aromatic carboxylic acids is 2. The van der Waals surface area contributed by atoms with Gasteiger partial charge < -0.3 is 24.4 Å². The Morgan fingerprint density at radius 2 is 0.971 bits per heavy atom. The summed E-state index contributed by atoms with van der Waals surface area (Å²) in [6.07, 6.45) is 0. The van der Waals surface area contributed by atoms with Gasteiger partial charge in [0.1, 0.15) is 17.2 Å². The van der Waals surface area contributed by atoms with Crippen LogP contribution in [0.25, 0.3) is 11.1 Å². The predicted octanol–water partition coefficient (Wildman–Crippen LogP) is 3.66. The summed E-state index contributed by atoms with van der Waals surface area (Å²) in [7, 11) is 0. The van der Waals surface area contributed by atoms with Gasteiger partial charge in [0, 0.05) is 6.07 Å². The molecule has 0 fully saturated rings. The minimum atomic E-state index is -1.05. The molecule has 3 aromatic carbocycles. The molecule has 0 aliphatic heterocycles. The maximum atomic E-state index is 11.1. The highest BCUT2D eigenvalue weighted by Crippen LogP contribution is 2.31. The Balaban J connectivity index is 0.000000283. The van der Waals surface area contributed by atoms with Crippen LogP contribution >= 0.6 is 0 Å². The topological polar surface area (TPSA) is 154 Å². The summed E-state index contributed by atoms with van der Waals surface area (Å²) in [5.74, 6) is -1.48. The van der Waals surface area contributed by atoms with Crippen LogP contribution in [0.2, 0.25) is 0 Å². The number of carbonyl (C=O) groups excluding carboxylic acids is 3. The summed E-state index contributed by atoms with van der Waals surface area (Å²) in [5.41, 5.74) is 2.89. The minimum absolute atomic E-state index is 0.108. The molecule has 0 aliphatic rings. The van der Waals surface area contributed by atoms with Gasteiger partial charge in [-0.15, -0.1) is 0 Å². The molecule has 10 heteroatoms. The Kier molecular flexibility index (Phi) is 9.23. The van der Waals surface area contributed by atoms with Crippen molar-refractivity contribution in [3.05, 3.63) is 76.9 Å². The van der Waals surface area contributed by atoms with Crippen LogP contribution < -0.4 is 14.2 Å². The van der Waals surface area contributed by atoms with Gasteiger partial charge in [-0.3, -0.25) is 14.4 Å². The molecule has 0 amide bonds. The molecular weight excluding hydrogens is 460 g/mol. The second kappa shape index (κ2) is 12.3. The van der Waals surface area contributed by atoms with Crippen molar-refractivity contribution in [2.75, 3.05) is 0 Å². The van der Waals surface area contributed by atoms with Gasteiger partial charge in [0.25, 0.3) is 19.4 Å². The molecule has 2 N–H and O–H groups in total. The van der Waals surface area contributed by atoms with E-state index in [0.29, 0.717) is 11.1 Å². The zero-order valence-corrected chi connectivity index (χ0v) is 18.6. The zero-order chi connectivity index (χ0) is 26.0. The normalized spacial score (nSPS) is 9.66. The van der Waals surface area contributed by atoms with Crippen LogP contribution in [0.4, 0.5) is 0 Å². The van der Waals surface area contributed by atoms with Crippen LogP contribution in [-0.2, 0) is 14.4 Å². The average Bonchev–Trinajstić information content (AvgIpc) is 2.79. The number of carboxylic acids is 2. The highest BCUT2D eigenvalue weighted by atomic mass is 16.5. The van der Waals surface area contributed by atoms with Crippen LogP contribution in [-0.4, -0.2) is 41.6 Å². The summed E-state index contributed by atoms with van der Waals surface area (Å²) >= 11 is 0. The SMILES string of the molecule is Cc1cc(C(=O)O)cc(-c2cc(OC=O)cc(OC=O)c2)c1.Cc1cc(OC=O)cc(C(=O)O)c1. The maximum absolute atomic E-state index is 11.1. The lowest BCUT2D eigenvalue weighted by molar-refractivity contribution is -0.121. The second-order valence-corrected chi connectivity index (χ2v) is 7.07. The first-order valence-corrected chi connectivity index (χ1v) is 9.83. The van der Waals surface area contributed by atoms with E-state index < -0.39 is 11.9 Å². The molecule has 3 aromatic rings. The standard InChI is InChI=1S/C16H12O6.C9H8O4/c1-10-2-11(4-13(3-10)16(19)20)12-5-14(21-8-17)7-15(6-12)22-9-18;1-6-2-7(9(11)12)4-8(3-6)13-5-10/h2-9H,1H3,(H,19,20);2-5H,1H3,(H,11,12). The highest BCUT2D eigenvalue weighted by molar-refractivity contribution is 5.90. The summed E-state index contributed by atoms with van der Waals surface area (Å²) in [4.78, 5) is 52.7. The Labute approximate surface area is 199 Å². The second-order valence-electron chi connectivity index (χ2n) is 7.07. The van der Waals surface area contributed by atoms with E-state index in [9.17, 15) is 24.0 Å². The fourth-order valence-electron chi connectivity index (χ4n) is 3.05. The highest BCUT2D eigenvalue weighted by Gasteiger charge is 2.10. The Morgan fingerprint density at radius 1 is 0.571 bits per heavy atom. The molecule has 0 bridgehead atoms. The molecule has 0 unspecified atom stereocenters. The first kappa shape index (κ1) is 26.3. The number of carbonyl (C=O) groups is 5. The summed E-state index contributed by atoms with van der Waals surface area (Å²) < 4.78 is 14.1. The van der Waals surface area contributed by atoms with Crippen molar-refractivity contribution in [3.8, 4) is 28.4 Å². The molecular formula is C25H20O10. The van der Waals surface area contributed by atoms with E-state index >= 15 is 0 Å². The predicted molar refractivity (Wildman–Crippen MR) is 122 cm³/mol. The van der Waals surface area contributed by atoms with E-state index in [1.54, 1.807) is 44.2 Å². The van der Waals surface area contributed by atoms with E-state index in [2.05, 4.69) is 4.74 Å². The number of carboxylic acid groups (broad SMARTS) is 2. The molecule has 3 rings (SSSR count). The lowest BCUT2D eigenvalue weighted by Crippen LogP contribution is -1.98. The van der Waals surface area contributed by atoms with E-state index in [0.717, 1.165) is 11.1 Å². The third kappa shape index (κ3) is 7.82. The van der Waals surface area contributed by atoms with E-state index in [1.807, 2.05) is 0 Å². The number of aryl methyl sites for hydroxylation is 2. The molecule has 10 nitrogen and oxygen atoms in total. The monoisotopic (exact) mass is 480 g/mol. The quantitative estimate of drug-likeness (QED) is 0.434. The minimum Gasteiger partial charge on any atom is -0.478 e. The Morgan fingerprint density at radius 3 is 1.43 bits per heavy atom. The van der Waals surface area contributed by atoms with Gasteiger partial charge in [-0.05, 0) is 78.6 Å². The van der Waals surface area contributed by atoms with Gasteiger partial charge in [0.2, 0.25) is 0 Å². The lowest BCUT2D eigenvalue weighted by Gasteiger charge is -2.09. The number of benzene rings is 3. The van der Waals surface area contributed by atoms with E-state index in [1.165, 1.54) is 24.3 Å². The van der Waals surface area contributed by atoms with Crippen molar-refractivity contribution in [3.63, 3.8) is 0 Å². The summed E-state index contributed by atoms with van der Waals surface area (Å²) in [6, 6.07) is 13.7. The van der Waals surface area contributed by atoms with E-state index in [4.69, 9.17) is 19.7 Å². The van der Waals surface area contributed by atoms with Gasteiger partial charge in [0.15, 0.2) is 0 Å². The number of hydrogen-bond donors (Lipinski definition) is 2. The first-order chi connectivity index (χ1) is 16.7. The average molecular weight is 480 g/mol. The summed E-state index contributed by atoms with van der Waals surface area (Å²) in [5, 5.41) is 17.8. The van der Waals surface area contributed by atoms with Gasteiger partial charge in [-0.25, -0.2) is 9.59 Å². The molecule has 35 heavy (non-hydrogen) atoms. The largest absolute Gasteiger partial charge is 0.478 e. The van der Waals surface area contributed by atoms with E-state index in [-0.39, 0.29) is 47.8 Å². The van der Waals surface area contributed by atoms with Crippen LogP contribution in [0.15, 0.2) is 54.6 Å². The zero-order valence-electron chi connectivity index (χ0n) is 18.6. The van der Waals surface area contributed by atoms with Crippen molar-refractivity contribution in [1.29, 1.82) is 0 Å². The Hall–Kier alpha value is -4.99. The van der Waals surface area contributed by atoms with Crippen molar-refractivity contribution < 1.29 is 48.4 Å². The molecule has 0 spiro atoms. The van der Waals surface area contributed by atoms with Gasteiger partial charge in [-0.2, -0.15) is 0 Å². The van der Waals surface area contributed by atoms with Gasteiger partial charge in [0.05, 0.1) is 11.1 Å². The molecule has 0 radical (unpaired) electrons. The van der Waals surface area contributed by atoms with Crippen LogP contribution in [0.3, 0.4) is 0 Å². The number of ether oxygens (including phenoxy) is 3. The molecule has 0 heterocycles. The molecule has 0 saturated carbocycles. The lowest BCUT2D eigenvalue weighted by atomic mass is 10.00. The Bertz CT molecular complexity index is 1230. The third-order valence-corrected chi connectivity index (χ3v) is 4.39. The first-order valence-electron chi connectivity index (χ1n) is 9.83.